The Hall–Kier alpha value is -2.10. The zero-order valence-electron chi connectivity index (χ0n) is 14.5. The number of phenols is 1. The van der Waals surface area contributed by atoms with Gasteiger partial charge in [0.2, 0.25) is 5.78 Å². The van der Waals surface area contributed by atoms with Crippen molar-refractivity contribution in [2.45, 2.75) is 49.3 Å². The SMILES string of the molecule is C[C@@H]1CC(=O)C2=C(C[C@H](O)[C@]3(O)[C@@H](O)c4c(O)cccc4C(=O)[C@]23O)[C@@H]1O. The Morgan fingerprint density at radius 3 is 2.41 bits per heavy atom. The van der Waals surface area contributed by atoms with Crippen molar-refractivity contribution < 1.29 is 40.2 Å². The summed E-state index contributed by atoms with van der Waals surface area (Å²) in [5.41, 5.74) is -6.88. The maximum atomic E-state index is 13.2. The van der Waals surface area contributed by atoms with E-state index in [4.69, 9.17) is 0 Å². The molecule has 0 aliphatic heterocycles. The molecule has 144 valence electrons. The minimum absolute atomic E-state index is 0.0115. The van der Waals surface area contributed by atoms with E-state index in [0.717, 1.165) is 0 Å². The van der Waals surface area contributed by atoms with Crippen molar-refractivity contribution in [3.8, 4) is 5.75 Å². The topological polar surface area (TPSA) is 156 Å². The molecule has 8 nitrogen and oxygen atoms in total. The van der Waals surface area contributed by atoms with Gasteiger partial charge in [0.25, 0.3) is 0 Å². The van der Waals surface area contributed by atoms with Crippen LogP contribution in [0, 0.1) is 5.92 Å². The predicted octanol–water partition coefficient (Wildman–Crippen LogP) is -0.885. The molecule has 3 aliphatic carbocycles. The monoisotopic (exact) mass is 376 g/mol. The molecule has 0 bridgehead atoms. The van der Waals surface area contributed by atoms with E-state index in [1.807, 2.05) is 0 Å². The molecule has 0 radical (unpaired) electrons. The van der Waals surface area contributed by atoms with Crippen LogP contribution in [0.5, 0.6) is 5.75 Å². The van der Waals surface area contributed by atoms with Gasteiger partial charge in [-0.1, -0.05) is 19.1 Å². The molecule has 0 saturated carbocycles. The van der Waals surface area contributed by atoms with Crippen LogP contribution < -0.4 is 0 Å². The van der Waals surface area contributed by atoms with Crippen LogP contribution in [0.3, 0.4) is 0 Å². The zero-order chi connectivity index (χ0) is 19.9. The second kappa shape index (κ2) is 5.46. The number of ketones is 2. The van der Waals surface area contributed by atoms with Crippen LogP contribution in [0.4, 0.5) is 0 Å². The Balaban J connectivity index is 2.07. The number of Topliss-reactive ketones (excluding diaryl/α,β-unsaturated/α-hetero) is 2. The number of carbonyl (C=O) groups excluding carboxylic acids is 2. The third kappa shape index (κ3) is 1.94. The van der Waals surface area contributed by atoms with E-state index in [2.05, 4.69) is 0 Å². The number of benzene rings is 1. The molecular weight excluding hydrogens is 356 g/mol. The summed E-state index contributed by atoms with van der Waals surface area (Å²) in [6.45, 7) is 1.62. The maximum absolute atomic E-state index is 13.2. The molecule has 0 heterocycles. The summed E-state index contributed by atoms with van der Waals surface area (Å²) >= 11 is 0. The van der Waals surface area contributed by atoms with E-state index in [0.29, 0.717) is 0 Å². The zero-order valence-corrected chi connectivity index (χ0v) is 14.5. The number of carbonyl (C=O) groups is 2. The van der Waals surface area contributed by atoms with Gasteiger partial charge in [0.05, 0.1) is 12.2 Å². The van der Waals surface area contributed by atoms with Crippen molar-refractivity contribution in [3.05, 3.63) is 40.5 Å². The first-order valence-electron chi connectivity index (χ1n) is 8.69. The Kier molecular flexibility index (Phi) is 3.70. The molecule has 0 aromatic heterocycles. The lowest BCUT2D eigenvalue weighted by atomic mass is 9.54. The number of aromatic hydroxyl groups is 1. The van der Waals surface area contributed by atoms with Crippen molar-refractivity contribution in [3.63, 3.8) is 0 Å². The first-order valence-corrected chi connectivity index (χ1v) is 8.69. The first kappa shape index (κ1) is 18.3. The number of phenolic OH excluding ortho intramolecular Hbond substituents is 1. The van der Waals surface area contributed by atoms with E-state index in [9.17, 15) is 40.2 Å². The highest BCUT2D eigenvalue weighted by atomic mass is 16.4. The van der Waals surface area contributed by atoms with Crippen LogP contribution in [0.15, 0.2) is 29.3 Å². The Bertz CT molecular complexity index is 905. The maximum Gasteiger partial charge on any atom is 0.202 e. The molecule has 0 unspecified atom stereocenters. The highest BCUT2D eigenvalue weighted by Gasteiger charge is 2.72. The smallest absolute Gasteiger partial charge is 0.202 e. The highest BCUT2D eigenvalue weighted by Crippen LogP contribution is 2.56. The van der Waals surface area contributed by atoms with Gasteiger partial charge in [0.15, 0.2) is 17.0 Å². The van der Waals surface area contributed by atoms with Gasteiger partial charge in [-0.05, 0) is 17.6 Å². The van der Waals surface area contributed by atoms with Gasteiger partial charge in [-0.2, -0.15) is 0 Å². The molecule has 27 heavy (non-hydrogen) atoms. The summed E-state index contributed by atoms with van der Waals surface area (Å²) in [6.07, 6.45) is -5.65. The van der Waals surface area contributed by atoms with E-state index < -0.39 is 64.7 Å². The second-order valence-electron chi connectivity index (χ2n) is 7.68. The van der Waals surface area contributed by atoms with Crippen LogP contribution >= 0.6 is 0 Å². The van der Waals surface area contributed by atoms with E-state index in [1.54, 1.807) is 6.92 Å². The van der Waals surface area contributed by atoms with Gasteiger partial charge in [0.1, 0.15) is 11.9 Å². The second-order valence-corrected chi connectivity index (χ2v) is 7.68. The molecule has 1 aromatic carbocycles. The third-order valence-corrected chi connectivity index (χ3v) is 6.21. The predicted molar refractivity (Wildman–Crippen MR) is 89.7 cm³/mol. The molecule has 8 heteroatoms. The Morgan fingerprint density at radius 2 is 1.74 bits per heavy atom. The fourth-order valence-corrected chi connectivity index (χ4v) is 4.77. The summed E-state index contributed by atoms with van der Waals surface area (Å²) in [7, 11) is 0. The molecule has 3 aliphatic rings. The van der Waals surface area contributed by atoms with Gasteiger partial charge in [-0.25, -0.2) is 0 Å². The quantitative estimate of drug-likeness (QED) is 0.341. The van der Waals surface area contributed by atoms with E-state index in [1.165, 1.54) is 18.2 Å². The molecule has 0 saturated heterocycles. The van der Waals surface area contributed by atoms with E-state index in [-0.39, 0.29) is 23.1 Å². The van der Waals surface area contributed by atoms with Gasteiger partial charge >= 0.3 is 0 Å². The third-order valence-electron chi connectivity index (χ3n) is 6.21. The van der Waals surface area contributed by atoms with Crippen LogP contribution in [-0.2, 0) is 4.79 Å². The average Bonchev–Trinajstić information content (AvgIpc) is 2.61. The lowest BCUT2D eigenvalue weighted by Gasteiger charge is -2.55. The van der Waals surface area contributed by atoms with Crippen molar-refractivity contribution >= 4 is 11.6 Å². The van der Waals surface area contributed by atoms with Crippen molar-refractivity contribution in [1.82, 2.24) is 0 Å². The summed E-state index contributed by atoms with van der Waals surface area (Å²) < 4.78 is 0. The van der Waals surface area contributed by atoms with Crippen molar-refractivity contribution in [1.29, 1.82) is 0 Å². The van der Waals surface area contributed by atoms with Gasteiger partial charge in [0, 0.05) is 29.5 Å². The van der Waals surface area contributed by atoms with E-state index >= 15 is 0 Å². The lowest BCUT2D eigenvalue weighted by molar-refractivity contribution is -0.229. The van der Waals surface area contributed by atoms with Gasteiger partial charge in [-0.15, -0.1) is 0 Å². The Labute approximate surface area is 154 Å². The van der Waals surface area contributed by atoms with Crippen molar-refractivity contribution in [2.24, 2.45) is 5.92 Å². The first-order chi connectivity index (χ1) is 12.6. The molecule has 6 N–H and O–H groups in total. The number of hydrogen-bond donors (Lipinski definition) is 6. The number of aliphatic hydroxyl groups excluding tert-OH is 3. The summed E-state index contributed by atoms with van der Waals surface area (Å²) in [4.78, 5) is 25.9. The number of rotatable bonds is 0. The fourth-order valence-electron chi connectivity index (χ4n) is 4.77. The van der Waals surface area contributed by atoms with Crippen LogP contribution in [-0.4, -0.2) is 65.6 Å². The number of aliphatic hydroxyl groups is 5. The molecule has 0 spiro atoms. The summed E-state index contributed by atoms with van der Waals surface area (Å²) in [6, 6.07) is 3.76. The largest absolute Gasteiger partial charge is 0.508 e. The van der Waals surface area contributed by atoms with Crippen LogP contribution in [0.25, 0.3) is 0 Å². The van der Waals surface area contributed by atoms with Crippen molar-refractivity contribution in [2.75, 3.05) is 0 Å². The van der Waals surface area contributed by atoms with Gasteiger partial charge < -0.3 is 30.6 Å². The standard InChI is InChI=1S/C19H20O8/c1-7-5-11(21)14-9(15(7)23)6-12(22)18(26)17(25)13-8(3-2-4-10(13)20)16(24)19(14,18)27/h2-4,7,12,15,17,20,22-23,25-27H,5-6H2,1H3/t7-,12+,15-,17+,18+,19-/m1/s1. The summed E-state index contributed by atoms with van der Waals surface area (Å²) in [5, 5.41) is 64.5. The number of fused-ring (bicyclic) bond motifs is 3. The van der Waals surface area contributed by atoms with Crippen LogP contribution in [0.2, 0.25) is 0 Å². The molecule has 0 amide bonds. The number of hydrogen-bond acceptors (Lipinski definition) is 8. The minimum Gasteiger partial charge on any atom is -0.508 e. The normalized spacial score (nSPS) is 41.1. The lowest BCUT2D eigenvalue weighted by Crippen LogP contribution is -2.74. The highest BCUT2D eigenvalue weighted by molar-refractivity contribution is 6.16. The van der Waals surface area contributed by atoms with Crippen LogP contribution in [0.1, 0.15) is 41.8 Å². The molecule has 4 rings (SSSR count). The Morgan fingerprint density at radius 1 is 1.07 bits per heavy atom. The molecular formula is C19H20O8. The molecule has 6 atom stereocenters. The van der Waals surface area contributed by atoms with Gasteiger partial charge in [-0.3, -0.25) is 9.59 Å². The summed E-state index contributed by atoms with van der Waals surface area (Å²) in [5.74, 6) is -2.74. The molecule has 0 fully saturated rings. The minimum atomic E-state index is -2.95. The average molecular weight is 376 g/mol. The fraction of sp³-hybridized carbons (Fsp3) is 0.474. The molecule has 1 aromatic rings.